The molecule has 0 amide bonds. The first-order valence-corrected chi connectivity index (χ1v) is 7.74. The lowest BCUT2D eigenvalue weighted by atomic mass is 10.2. The first kappa shape index (κ1) is 16.6. The van der Waals surface area contributed by atoms with E-state index in [2.05, 4.69) is 0 Å². The average molecular weight is 367 g/mol. The quantitative estimate of drug-likeness (QED) is 0.445. The van der Waals surface area contributed by atoms with Gasteiger partial charge in [0.1, 0.15) is 17.1 Å². The first-order valence-electron chi connectivity index (χ1n) is 6.99. The predicted molar refractivity (Wildman–Crippen MR) is 88.4 cm³/mol. The second kappa shape index (κ2) is 6.00. The van der Waals surface area contributed by atoms with E-state index in [0.29, 0.717) is 27.1 Å². The molecule has 1 aromatic heterocycles. The topological polar surface area (TPSA) is 65.7 Å². The molecule has 1 aliphatic rings. The molecule has 2 heterocycles. The summed E-state index contributed by atoms with van der Waals surface area (Å²) in [5, 5.41) is 0.933. The van der Waals surface area contributed by atoms with E-state index >= 15 is 0 Å². The Hall–Kier alpha value is -2.24. The molecule has 0 saturated carbocycles. The minimum atomic E-state index is -1.28. The number of benzene rings is 1. The zero-order valence-corrected chi connectivity index (χ0v) is 14.3. The van der Waals surface area contributed by atoms with Crippen molar-refractivity contribution in [2.24, 2.45) is 0 Å². The van der Waals surface area contributed by atoms with Gasteiger partial charge in [0, 0.05) is 30.5 Å². The number of carbonyl (C=O) groups is 2. The summed E-state index contributed by atoms with van der Waals surface area (Å²) in [6.45, 7) is 2.96. The highest BCUT2D eigenvalue weighted by molar-refractivity contribution is 6.36. The van der Waals surface area contributed by atoms with E-state index in [1.54, 1.807) is 30.3 Å². The van der Waals surface area contributed by atoms with E-state index in [0.717, 1.165) is 0 Å². The fourth-order valence-corrected chi connectivity index (χ4v) is 2.69. The lowest BCUT2D eigenvalue weighted by Gasteiger charge is -2.29. The van der Waals surface area contributed by atoms with Crippen molar-refractivity contribution in [3.05, 3.63) is 51.7 Å². The van der Waals surface area contributed by atoms with Crippen molar-refractivity contribution in [3.63, 3.8) is 0 Å². The molecule has 0 aliphatic carbocycles. The second-order valence-corrected chi connectivity index (χ2v) is 6.41. The lowest BCUT2D eigenvalue weighted by molar-refractivity contribution is -0.222. The Morgan fingerprint density at radius 2 is 1.67 bits per heavy atom. The monoisotopic (exact) mass is 366 g/mol. The Morgan fingerprint density at radius 1 is 1.00 bits per heavy atom. The maximum absolute atomic E-state index is 11.9. The molecule has 0 bridgehead atoms. The number of halogens is 2. The summed E-state index contributed by atoms with van der Waals surface area (Å²) < 4.78 is 15.7. The lowest BCUT2D eigenvalue weighted by Crippen LogP contribution is -2.41. The van der Waals surface area contributed by atoms with Gasteiger partial charge in [0.05, 0.1) is 5.02 Å². The standard InChI is InChI=1S/C17H12Cl2O5/c1-17(2)23-15(20)12(16(21)24-17)8-10-4-6-14(22-10)11-5-3-9(18)7-13(11)19/h3-8H,1-2H3. The Balaban J connectivity index is 1.91. The van der Waals surface area contributed by atoms with Crippen molar-refractivity contribution in [1.29, 1.82) is 0 Å². The maximum atomic E-state index is 11.9. The molecule has 1 saturated heterocycles. The molecule has 1 fully saturated rings. The number of carbonyl (C=O) groups excluding carboxylic acids is 2. The fourth-order valence-electron chi connectivity index (χ4n) is 2.19. The first-order chi connectivity index (χ1) is 11.2. The SMILES string of the molecule is CC1(C)OC(=O)C(=Cc2ccc(-c3ccc(Cl)cc3Cl)o2)C(=O)O1. The van der Waals surface area contributed by atoms with Gasteiger partial charge < -0.3 is 13.9 Å². The number of rotatable bonds is 2. The summed E-state index contributed by atoms with van der Waals surface area (Å²) in [6.07, 6.45) is 1.27. The third-order valence-corrected chi connectivity index (χ3v) is 3.77. The van der Waals surface area contributed by atoms with Gasteiger partial charge in [-0.1, -0.05) is 23.2 Å². The van der Waals surface area contributed by atoms with Gasteiger partial charge in [0.25, 0.3) is 5.79 Å². The number of cyclic esters (lactones) is 2. The van der Waals surface area contributed by atoms with E-state index in [1.807, 2.05) is 0 Å². The summed E-state index contributed by atoms with van der Waals surface area (Å²) in [4.78, 5) is 23.8. The molecule has 24 heavy (non-hydrogen) atoms. The van der Waals surface area contributed by atoms with Gasteiger partial charge in [-0.3, -0.25) is 0 Å². The molecular formula is C17H12Cl2O5. The smallest absolute Gasteiger partial charge is 0.348 e. The average Bonchev–Trinajstić information content (AvgIpc) is 2.90. The van der Waals surface area contributed by atoms with Crippen LogP contribution in [-0.2, 0) is 19.1 Å². The van der Waals surface area contributed by atoms with Gasteiger partial charge in [-0.25, -0.2) is 9.59 Å². The summed E-state index contributed by atoms with van der Waals surface area (Å²) in [5.41, 5.74) is 0.401. The van der Waals surface area contributed by atoms with Gasteiger partial charge in [-0.15, -0.1) is 0 Å². The van der Waals surface area contributed by atoms with Crippen LogP contribution in [0.15, 0.2) is 40.3 Å². The normalized spacial score (nSPS) is 16.6. The molecular weight excluding hydrogens is 355 g/mol. The van der Waals surface area contributed by atoms with E-state index in [4.69, 9.17) is 37.1 Å². The summed E-state index contributed by atoms with van der Waals surface area (Å²) in [5.74, 6) is -2.05. The number of furan rings is 1. The fraction of sp³-hybridized carbons (Fsp3) is 0.176. The van der Waals surface area contributed by atoms with Crippen LogP contribution in [0.3, 0.4) is 0 Å². The zero-order chi connectivity index (χ0) is 17.5. The van der Waals surface area contributed by atoms with Crippen LogP contribution in [-0.4, -0.2) is 17.7 Å². The summed E-state index contributed by atoms with van der Waals surface area (Å²) in [6, 6.07) is 8.27. The number of ether oxygens (including phenoxy) is 2. The molecule has 3 rings (SSSR count). The largest absolute Gasteiger partial charge is 0.457 e. The molecule has 0 atom stereocenters. The van der Waals surface area contributed by atoms with Crippen LogP contribution >= 0.6 is 23.2 Å². The van der Waals surface area contributed by atoms with Crippen LogP contribution < -0.4 is 0 Å². The minimum absolute atomic E-state index is 0.238. The second-order valence-electron chi connectivity index (χ2n) is 5.56. The van der Waals surface area contributed by atoms with Crippen LogP contribution in [0, 0.1) is 0 Å². The maximum Gasteiger partial charge on any atom is 0.348 e. The Kier molecular flexibility index (Phi) is 4.15. The van der Waals surface area contributed by atoms with Gasteiger partial charge in [0.15, 0.2) is 0 Å². The van der Waals surface area contributed by atoms with Gasteiger partial charge >= 0.3 is 11.9 Å². The summed E-state index contributed by atoms with van der Waals surface area (Å²) in [7, 11) is 0. The molecule has 1 aromatic carbocycles. The molecule has 2 aromatic rings. The zero-order valence-electron chi connectivity index (χ0n) is 12.8. The summed E-state index contributed by atoms with van der Waals surface area (Å²) >= 11 is 12.0. The van der Waals surface area contributed by atoms with Crippen LogP contribution in [0.4, 0.5) is 0 Å². The molecule has 0 N–H and O–H groups in total. The van der Waals surface area contributed by atoms with Crippen LogP contribution in [0.2, 0.25) is 10.0 Å². The van der Waals surface area contributed by atoms with Crippen molar-refractivity contribution in [3.8, 4) is 11.3 Å². The Morgan fingerprint density at radius 3 is 2.29 bits per heavy atom. The highest BCUT2D eigenvalue weighted by Gasteiger charge is 2.39. The van der Waals surface area contributed by atoms with Crippen LogP contribution in [0.25, 0.3) is 17.4 Å². The van der Waals surface area contributed by atoms with Crippen molar-refractivity contribution in [2.75, 3.05) is 0 Å². The van der Waals surface area contributed by atoms with Gasteiger partial charge in [0.2, 0.25) is 0 Å². The van der Waals surface area contributed by atoms with Crippen molar-refractivity contribution < 1.29 is 23.5 Å². The molecule has 0 radical (unpaired) electrons. The van der Waals surface area contributed by atoms with Crippen molar-refractivity contribution in [2.45, 2.75) is 19.6 Å². The van der Waals surface area contributed by atoms with E-state index in [1.165, 1.54) is 19.9 Å². The molecule has 124 valence electrons. The molecule has 0 unspecified atom stereocenters. The van der Waals surface area contributed by atoms with Gasteiger partial charge in [-0.2, -0.15) is 0 Å². The Bertz CT molecular complexity index is 842. The highest BCUT2D eigenvalue weighted by atomic mass is 35.5. The number of hydrogen-bond acceptors (Lipinski definition) is 5. The molecule has 5 nitrogen and oxygen atoms in total. The van der Waals surface area contributed by atoms with Crippen molar-refractivity contribution >= 4 is 41.2 Å². The van der Waals surface area contributed by atoms with E-state index < -0.39 is 17.7 Å². The molecule has 0 spiro atoms. The van der Waals surface area contributed by atoms with Gasteiger partial charge in [-0.05, 0) is 30.3 Å². The van der Waals surface area contributed by atoms with Crippen LogP contribution in [0.1, 0.15) is 19.6 Å². The Labute approximate surface area is 147 Å². The molecule has 7 heteroatoms. The third-order valence-electron chi connectivity index (χ3n) is 3.23. The predicted octanol–water partition coefficient (Wildman–Crippen LogP) is 4.47. The van der Waals surface area contributed by atoms with Crippen molar-refractivity contribution in [1.82, 2.24) is 0 Å². The number of hydrogen-bond donors (Lipinski definition) is 0. The highest BCUT2D eigenvalue weighted by Crippen LogP contribution is 2.32. The van der Waals surface area contributed by atoms with E-state index in [-0.39, 0.29) is 5.57 Å². The molecule has 1 aliphatic heterocycles. The number of esters is 2. The van der Waals surface area contributed by atoms with Crippen LogP contribution in [0.5, 0.6) is 0 Å². The third kappa shape index (κ3) is 3.32. The van der Waals surface area contributed by atoms with E-state index in [9.17, 15) is 9.59 Å². The minimum Gasteiger partial charge on any atom is -0.457 e.